The van der Waals surface area contributed by atoms with Crippen LogP contribution >= 0.6 is 15.9 Å². The molecule has 0 N–H and O–H groups in total. The number of sulfonamides is 1. The molecule has 1 aliphatic rings. The van der Waals surface area contributed by atoms with Gasteiger partial charge in [-0.25, -0.2) is 8.42 Å². The Kier molecular flexibility index (Phi) is 3.70. The lowest BCUT2D eigenvalue weighted by Gasteiger charge is -2.24. The molecule has 92 valence electrons. The van der Waals surface area contributed by atoms with E-state index in [1.807, 2.05) is 25.1 Å². The fourth-order valence-electron chi connectivity index (χ4n) is 1.74. The van der Waals surface area contributed by atoms with Crippen molar-refractivity contribution in [1.29, 1.82) is 0 Å². The standard InChI is InChI=1S/C12H14BrNO2S/c1-10-4-6-12(7-5-10)17(15,16)14-8-2-3-11(13)9-14/h3-7H,2,8-9H2,1H3. The highest BCUT2D eigenvalue weighted by Crippen LogP contribution is 2.22. The van der Waals surface area contributed by atoms with E-state index in [1.165, 1.54) is 4.31 Å². The minimum Gasteiger partial charge on any atom is -0.207 e. The minimum absolute atomic E-state index is 0.366. The van der Waals surface area contributed by atoms with Crippen LogP contribution in [0.5, 0.6) is 0 Å². The Balaban J connectivity index is 2.30. The summed E-state index contributed by atoms with van der Waals surface area (Å²) < 4.78 is 27.1. The van der Waals surface area contributed by atoms with Crippen molar-refractivity contribution in [3.8, 4) is 0 Å². The van der Waals surface area contributed by atoms with Crippen LogP contribution in [0, 0.1) is 6.92 Å². The Hall–Kier alpha value is -0.650. The molecule has 0 bridgehead atoms. The maximum atomic E-state index is 12.3. The Bertz CT molecular complexity index is 534. The van der Waals surface area contributed by atoms with Gasteiger partial charge in [-0.2, -0.15) is 4.31 Å². The topological polar surface area (TPSA) is 37.4 Å². The maximum absolute atomic E-state index is 12.3. The Morgan fingerprint density at radius 3 is 2.47 bits per heavy atom. The van der Waals surface area contributed by atoms with Crippen molar-refractivity contribution < 1.29 is 8.42 Å². The fourth-order valence-corrected chi connectivity index (χ4v) is 3.87. The predicted octanol–water partition coefficient (Wildman–Crippen LogP) is 2.67. The second-order valence-corrected chi connectivity index (χ2v) is 7.05. The van der Waals surface area contributed by atoms with Gasteiger partial charge in [0.2, 0.25) is 10.0 Å². The molecule has 0 amide bonds. The van der Waals surface area contributed by atoms with E-state index in [0.29, 0.717) is 18.0 Å². The van der Waals surface area contributed by atoms with Crippen molar-refractivity contribution in [1.82, 2.24) is 4.31 Å². The molecular weight excluding hydrogens is 302 g/mol. The average Bonchev–Trinajstić information content (AvgIpc) is 2.29. The Labute approximate surface area is 110 Å². The first-order valence-corrected chi connectivity index (χ1v) is 7.65. The molecular formula is C12H14BrNO2S. The van der Waals surface area contributed by atoms with Crippen LogP contribution in [0.25, 0.3) is 0 Å². The summed E-state index contributed by atoms with van der Waals surface area (Å²) >= 11 is 3.36. The van der Waals surface area contributed by atoms with Crippen LogP contribution in [-0.2, 0) is 10.0 Å². The van der Waals surface area contributed by atoms with Crippen LogP contribution in [0.1, 0.15) is 12.0 Å². The molecule has 0 atom stereocenters. The van der Waals surface area contributed by atoms with Crippen molar-refractivity contribution in [2.24, 2.45) is 0 Å². The van der Waals surface area contributed by atoms with Gasteiger partial charge in [0.1, 0.15) is 0 Å². The van der Waals surface area contributed by atoms with E-state index in [2.05, 4.69) is 15.9 Å². The third-order valence-electron chi connectivity index (χ3n) is 2.73. The zero-order chi connectivity index (χ0) is 12.5. The summed E-state index contributed by atoms with van der Waals surface area (Å²) in [5.74, 6) is 0. The van der Waals surface area contributed by atoms with Crippen LogP contribution in [-0.4, -0.2) is 25.8 Å². The highest BCUT2D eigenvalue weighted by atomic mass is 79.9. The summed E-state index contributed by atoms with van der Waals surface area (Å²) in [6.07, 6.45) is 2.77. The molecule has 3 nitrogen and oxygen atoms in total. The predicted molar refractivity (Wildman–Crippen MR) is 71.6 cm³/mol. The number of rotatable bonds is 2. The summed E-state index contributed by atoms with van der Waals surface area (Å²) in [6, 6.07) is 6.97. The van der Waals surface area contributed by atoms with Crippen molar-refractivity contribution in [3.63, 3.8) is 0 Å². The van der Waals surface area contributed by atoms with Gasteiger partial charge in [0, 0.05) is 17.6 Å². The van der Waals surface area contributed by atoms with Crippen LogP contribution in [0.15, 0.2) is 39.7 Å². The minimum atomic E-state index is -3.35. The average molecular weight is 316 g/mol. The lowest BCUT2D eigenvalue weighted by atomic mass is 10.2. The first-order valence-electron chi connectivity index (χ1n) is 5.41. The van der Waals surface area contributed by atoms with Gasteiger partial charge in [0.15, 0.2) is 0 Å². The largest absolute Gasteiger partial charge is 0.243 e. The van der Waals surface area contributed by atoms with Gasteiger partial charge >= 0.3 is 0 Å². The number of benzene rings is 1. The molecule has 0 unspecified atom stereocenters. The fraction of sp³-hybridized carbons (Fsp3) is 0.333. The van der Waals surface area contributed by atoms with Gasteiger partial charge < -0.3 is 0 Å². The molecule has 2 rings (SSSR count). The summed E-state index contributed by atoms with van der Waals surface area (Å²) in [5.41, 5.74) is 1.06. The first kappa shape index (κ1) is 12.8. The van der Waals surface area contributed by atoms with E-state index in [4.69, 9.17) is 0 Å². The molecule has 1 aromatic carbocycles. The third-order valence-corrected chi connectivity index (χ3v) is 5.16. The molecule has 0 radical (unpaired) electrons. The molecule has 0 fully saturated rings. The summed E-state index contributed by atoms with van der Waals surface area (Å²) in [4.78, 5) is 0.366. The number of hydrogen-bond donors (Lipinski definition) is 0. The summed E-state index contributed by atoms with van der Waals surface area (Å²) in [6.45, 7) is 2.91. The molecule has 0 saturated heterocycles. The van der Waals surface area contributed by atoms with Crippen LogP contribution in [0.4, 0.5) is 0 Å². The van der Waals surface area contributed by atoms with Gasteiger partial charge in [0.25, 0.3) is 0 Å². The summed E-state index contributed by atoms with van der Waals surface area (Å²) in [5, 5.41) is 0. The van der Waals surface area contributed by atoms with Crippen LogP contribution in [0.3, 0.4) is 0 Å². The van der Waals surface area contributed by atoms with E-state index < -0.39 is 10.0 Å². The molecule has 0 spiro atoms. The Morgan fingerprint density at radius 1 is 1.24 bits per heavy atom. The molecule has 1 aliphatic heterocycles. The van der Waals surface area contributed by atoms with E-state index >= 15 is 0 Å². The molecule has 0 aliphatic carbocycles. The van der Waals surface area contributed by atoms with Gasteiger partial charge in [0.05, 0.1) is 4.90 Å². The van der Waals surface area contributed by atoms with Gasteiger partial charge in [-0.3, -0.25) is 0 Å². The zero-order valence-corrected chi connectivity index (χ0v) is 12.0. The molecule has 0 saturated carbocycles. The monoisotopic (exact) mass is 315 g/mol. The maximum Gasteiger partial charge on any atom is 0.243 e. The SMILES string of the molecule is Cc1ccc(S(=O)(=O)N2CCC=C(Br)C2)cc1. The normalized spacial score (nSPS) is 17.9. The van der Waals surface area contributed by atoms with Gasteiger partial charge in [-0.15, -0.1) is 0 Å². The first-order chi connectivity index (χ1) is 8.00. The number of nitrogens with zero attached hydrogens (tertiary/aromatic N) is 1. The van der Waals surface area contributed by atoms with Crippen molar-refractivity contribution in [2.75, 3.05) is 13.1 Å². The van der Waals surface area contributed by atoms with Crippen molar-refractivity contribution in [3.05, 3.63) is 40.4 Å². The van der Waals surface area contributed by atoms with E-state index in [9.17, 15) is 8.42 Å². The van der Waals surface area contributed by atoms with E-state index in [1.54, 1.807) is 12.1 Å². The van der Waals surface area contributed by atoms with Crippen molar-refractivity contribution >= 4 is 26.0 Å². The third kappa shape index (κ3) is 2.78. The molecule has 0 aromatic heterocycles. The van der Waals surface area contributed by atoms with E-state index in [0.717, 1.165) is 16.5 Å². The zero-order valence-electron chi connectivity index (χ0n) is 9.56. The van der Waals surface area contributed by atoms with Gasteiger partial charge in [-0.1, -0.05) is 39.7 Å². The number of aryl methyl sites for hydroxylation is 1. The van der Waals surface area contributed by atoms with Crippen LogP contribution in [0.2, 0.25) is 0 Å². The van der Waals surface area contributed by atoms with Gasteiger partial charge in [-0.05, 0) is 25.5 Å². The number of hydrogen-bond acceptors (Lipinski definition) is 2. The molecule has 5 heteroatoms. The smallest absolute Gasteiger partial charge is 0.207 e. The molecule has 17 heavy (non-hydrogen) atoms. The lowest BCUT2D eigenvalue weighted by molar-refractivity contribution is 0.435. The second-order valence-electron chi connectivity index (χ2n) is 4.09. The van der Waals surface area contributed by atoms with Crippen LogP contribution < -0.4 is 0 Å². The highest BCUT2D eigenvalue weighted by molar-refractivity contribution is 9.11. The van der Waals surface area contributed by atoms with Crippen molar-refractivity contribution in [2.45, 2.75) is 18.2 Å². The Morgan fingerprint density at radius 2 is 1.88 bits per heavy atom. The lowest BCUT2D eigenvalue weighted by Crippen LogP contribution is -2.34. The number of halogens is 1. The quantitative estimate of drug-likeness (QED) is 0.841. The molecule has 1 aromatic rings. The molecule has 1 heterocycles. The van der Waals surface area contributed by atoms with E-state index in [-0.39, 0.29) is 0 Å². The summed E-state index contributed by atoms with van der Waals surface area (Å²) in [7, 11) is -3.35. The highest BCUT2D eigenvalue weighted by Gasteiger charge is 2.25. The second kappa shape index (κ2) is 4.92.